The maximum Gasteiger partial charge on any atom is 0.275 e. The predicted molar refractivity (Wildman–Crippen MR) is 98.8 cm³/mol. The highest BCUT2D eigenvalue weighted by Gasteiger charge is 2.08. The number of ether oxygens (including phenoxy) is 2. The van der Waals surface area contributed by atoms with Crippen molar-refractivity contribution in [2.75, 3.05) is 11.9 Å². The summed E-state index contributed by atoms with van der Waals surface area (Å²) in [6.45, 7) is 4.38. The van der Waals surface area contributed by atoms with Crippen LogP contribution in [0.1, 0.15) is 23.1 Å². The zero-order valence-corrected chi connectivity index (χ0v) is 14.6. The Morgan fingerprint density at radius 1 is 0.923 bits per heavy atom. The van der Waals surface area contributed by atoms with E-state index in [1.165, 1.54) is 6.20 Å². The van der Waals surface area contributed by atoms with Gasteiger partial charge in [0.05, 0.1) is 18.5 Å². The Balaban J connectivity index is 1.61. The Bertz CT molecular complexity index is 860. The highest BCUT2D eigenvalue weighted by atomic mass is 16.5. The molecule has 1 heterocycles. The minimum absolute atomic E-state index is 0.269. The minimum Gasteiger partial charge on any atom is -0.494 e. The Kier molecular flexibility index (Phi) is 5.43. The minimum atomic E-state index is -0.308. The number of nitrogens with zero attached hydrogens (tertiary/aromatic N) is 2. The molecule has 1 aromatic heterocycles. The molecular formula is C20H19N3O3. The molecule has 2 aromatic carbocycles. The van der Waals surface area contributed by atoms with E-state index in [-0.39, 0.29) is 11.6 Å². The molecule has 6 nitrogen and oxygen atoms in total. The Hall–Kier alpha value is -3.41. The van der Waals surface area contributed by atoms with Crippen molar-refractivity contribution >= 4 is 11.6 Å². The number of aromatic nitrogens is 2. The van der Waals surface area contributed by atoms with Crippen LogP contribution >= 0.6 is 0 Å². The molecule has 26 heavy (non-hydrogen) atoms. The lowest BCUT2D eigenvalue weighted by atomic mass is 10.3. The van der Waals surface area contributed by atoms with Crippen LogP contribution in [0.3, 0.4) is 0 Å². The van der Waals surface area contributed by atoms with E-state index in [1.807, 2.05) is 38.1 Å². The molecule has 0 unspecified atom stereocenters. The summed E-state index contributed by atoms with van der Waals surface area (Å²) < 4.78 is 11.2. The van der Waals surface area contributed by atoms with E-state index in [2.05, 4.69) is 15.3 Å². The van der Waals surface area contributed by atoms with Crippen LogP contribution in [-0.4, -0.2) is 22.5 Å². The third kappa shape index (κ3) is 4.57. The quantitative estimate of drug-likeness (QED) is 0.721. The van der Waals surface area contributed by atoms with Gasteiger partial charge in [-0.3, -0.25) is 9.78 Å². The van der Waals surface area contributed by atoms with Crippen LogP contribution in [0.2, 0.25) is 0 Å². The number of carbonyl (C=O) groups is 1. The van der Waals surface area contributed by atoms with Crippen molar-refractivity contribution in [3.8, 4) is 17.2 Å². The summed E-state index contributed by atoms with van der Waals surface area (Å²) in [5.41, 5.74) is 1.68. The average molecular weight is 349 g/mol. The van der Waals surface area contributed by atoms with Crippen LogP contribution in [0.5, 0.6) is 17.2 Å². The lowest BCUT2D eigenvalue weighted by Crippen LogP contribution is -2.14. The highest BCUT2D eigenvalue weighted by molar-refractivity contribution is 6.02. The molecule has 1 N–H and O–H groups in total. The number of aryl methyl sites for hydroxylation is 1. The predicted octanol–water partition coefficient (Wildman–Crippen LogP) is 4.23. The summed E-state index contributed by atoms with van der Waals surface area (Å²) in [6, 6.07) is 14.5. The average Bonchev–Trinajstić information content (AvgIpc) is 2.66. The van der Waals surface area contributed by atoms with Crippen LogP contribution in [0.25, 0.3) is 0 Å². The summed E-state index contributed by atoms with van der Waals surface area (Å²) in [5, 5.41) is 2.78. The third-order valence-corrected chi connectivity index (χ3v) is 3.50. The second-order valence-corrected chi connectivity index (χ2v) is 5.53. The molecule has 0 spiro atoms. The van der Waals surface area contributed by atoms with Gasteiger partial charge in [0.15, 0.2) is 0 Å². The molecule has 0 saturated carbocycles. The zero-order valence-electron chi connectivity index (χ0n) is 14.6. The van der Waals surface area contributed by atoms with Crippen molar-refractivity contribution in [1.82, 2.24) is 9.97 Å². The van der Waals surface area contributed by atoms with E-state index in [0.29, 0.717) is 23.8 Å². The first-order valence-corrected chi connectivity index (χ1v) is 8.25. The molecule has 0 saturated heterocycles. The molecule has 0 fully saturated rings. The zero-order chi connectivity index (χ0) is 18.4. The number of benzene rings is 2. The van der Waals surface area contributed by atoms with Gasteiger partial charge in [0.2, 0.25) is 0 Å². The van der Waals surface area contributed by atoms with Gasteiger partial charge in [-0.2, -0.15) is 0 Å². The maximum absolute atomic E-state index is 12.1. The van der Waals surface area contributed by atoms with Crippen LogP contribution in [0.15, 0.2) is 60.9 Å². The van der Waals surface area contributed by atoms with E-state index in [9.17, 15) is 4.79 Å². The van der Waals surface area contributed by atoms with Crippen molar-refractivity contribution in [2.45, 2.75) is 13.8 Å². The largest absolute Gasteiger partial charge is 0.494 e. The lowest BCUT2D eigenvalue weighted by molar-refractivity contribution is 0.102. The fourth-order valence-corrected chi connectivity index (χ4v) is 2.22. The van der Waals surface area contributed by atoms with Gasteiger partial charge in [-0.15, -0.1) is 0 Å². The number of hydrogen-bond acceptors (Lipinski definition) is 5. The van der Waals surface area contributed by atoms with Crippen LogP contribution < -0.4 is 14.8 Å². The Morgan fingerprint density at radius 3 is 2.12 bits per heavy atom. The second kappa shape index (κ2) is 8.11. The van der Waals surface area contributed by atoms with Crippen molar-refractivity contribution in [2.24, 2.45) is 0 Å². The molecule has 0 radical (unpaired) electrons. The van der Waals surface area contributed by atoms with Crippen molar-refractivity contribution in [1.29, 1.82) is 0 Å². The summed E-state index contributed by atoms with van der Waals surface area (Å²) >= 11 is 0. The van der Waals surface area contributed by atoms with Gasteiger partial charge in [0, 0.05) is 11.9 Å². The summed E-state index contributed by atoms with van der Waals surface area (Å²) in [6.07, 6.45) is 3.01. The van der Waals surface area contributed by atoms with Gasteiger partial charge in [0.1, 0.15) is 22.9 Å². The van der Waals surface area contributed by atoms with Gasteiger partial charge in [0.25, 0.3) is 5.91 Å². The fourth-order valence-electron chi connectivity index (χ4n) is 2.22. The molecular weight excluding hydrogens is 330 g/mol. The third-order valence-electron chi connectivity index (χ3n) is 3.50. The number of hydrogen-bond donors (Lipinski definition) is 1. The molecule has 1 amide bonds. The molecule has 132 valence electrons. The van der Waals surface area contributed by atoms with E-state index in [1.54, 1.807) is 30.5 Å². The standard InChI is InChI=1S/C20H19N3O3/c1-3-25-16-8-10-18(11-9-16)26-17-6-4-15(5-7-17)23-20(24)19-13-21-14(2)12-22-19/h4-13H,3H2,1-2H3,(H,23,24). The summed E-state index contributed by atoms with van der Waals surface area (Å²) in [4.78, 5) is 20.3. The molecule has 0 atom stereocenters. The summed E-state index contributed by atoms with van der Waals surface area (Å²) in [5.74, 6) is 1.87. The topological polar surface area (TPSA) is 73.3 Å². The molecule has 3 rings (SSSR count). The normalized spacial score (nSPS) is 10.2. The van der Waals surface area contributed by atoms with Crippen LogP contribution in [0, 0.1) is 6.92 Å². The Labute approximate surface area is 151 Å². The van der Waals surface area contributed by atoms with Gasteiger partial charge >= 0.3 is 0 Å². The first kappa shape index (κ1) is 17.4. The monoisotopic (exact) mass is 349 g/mol. The van der Waals surface area contributed by atoms with Crippen molar-refractivity contribution in [3.63, 3.8) is 0 Å². The number of carbonyl (C=O) groups excluding carboxylic acids is 1. The highest BCUT2D eigenvalue weighted by Crippen LogP contribution is 2.25. The van der Waals surface area contributed by atoms with E-state index < -0.39 is 0 Å². The molecule has 0 aliphatic carbocycles. The maximum atomic E-state index is 12.1. The van der Waals surface area contributed by atoms with E-state index >= 15 is 0 Å². The first-order chi connectivity index (χ1) is 12.6. The number of rotatable bonds is 6. The Morgan fingerprint density at radius 2 is 1.54 bits per heavy atom. The number of amides is 1. The van der Waals surface area contributed by atoms with E-state index in [0.717, 1.165) is 11.4 Å². The first-order valence-electron chi connectivity index (χ1n) is 8.25. The number of anilines is 1. The van der Waals surface area contributed by atoms with Crippen molar-refractivity contribution < 1.29 is 14.3 Å². The summed E-state index contributed by atoms with van der Waals surface area (Å²) in [7, 11) is 0. The molecule has 3 aromatic rings. The van der Waals surface area contributed by atoms with Gasteiger partial charge in [-0.05, 0) is 62.4 Å². The van der Waals surface area contributed by atoms with Gasteiger partial charge in [-0.25, -0.2) is 4.98 Å². The molecule has 0 bridgehead atoms. The van der Waals surface area contributed by atoms with Gasteiger partial charge in [-0.1, -0.05) is 0 Å². The van der Waals surface area contributed by atoms with Crippen molar-refractivity contribution in [3.05, 3.63) is 72.3 Å². The molecule has 0 aliphatic rings. The fraction of sp³-hybridized carbons (Fsp3) is 0.150. The van der Waals surface area contributed by atoms with E-state index in [4.69, 9.17) is 9.47 Å². The number of nitrogens with one attached hydrogen (secondary N) is 1. The van der Waals surface area contributed by atoms with Crippen LogP contribution in [0.4, 0.5) is 5.69 Å². The van der Waals surface area contributed by atoms with Gasteiger partial charge < -0.3 is 14.8 Å². The second-order valence-electron chi connectivity index (χ2n) is 5.53. The molecule has 0 aliphatic heterocycles. The smallest absolute Gasteiger partial charge is 0.275 e. The molecule has 6 heteroatoms. The SMILES string of the molecule is CCOc1ccc(Oc2ccc(NC(=O)c3cnc(C)cn3)cc2)cc1. The lowest BCUT2D eigenvalue weighted by Gasteiger charge is -2.09. The van der Waals surface area contributed by atoms with Crippen LogP contribution in [-0.2, 0) is 0 Å².